The van der Waals surface area contributed by atoms with E-state index in [-0.39, 0.29) is 19.1 Å². The van der Waals surface area contributed by atoms with E-state index in [1.807, 2.05) is 31.2 Å². The molecule has 2 fully saturated rings. The van der Waals surface area contributed by atoms with Crippen LogP contribution < -0.4 is 4.74 Å². The molecule has 132 valence electrons. The van der Waals surface area contributed by atoms with Crippen molar-refractivity contribution in [1.82, 2.24) is 10.1 Å². The number of nitrogens with zero attached hydrogens (tertiary/aromatic N) is 2. The van der Waals surface area contributed by atoms with E-state index in [0.717, 1.165) is 29.9 Å². The zero-order valence-electron chi connectivity index (χ0n) is 14.3. The second-order valence-corrected chi connectivity index (χ2v) is 7.20. The number of β-amino-alcohol motifs (C(OH)–C–C–N with tert-alkyl or cyclic N) is 1. The van der Waals surface area contributed by atoms with Crippen molar-refractivity contribution in [1.29, 1.82) is 0 Å². The fraction of sp³-hybridized carbons (Fsp3) is 0.474. The Morgan fingerprint density at radius 1 is 1.44 bits per heavy atom. The number of benzene rings is 1. The lowest BCUT2D eigenvalue weighted by molar-refractivity contribution is 0.00419. The monoisotopic (exact) mass is 342 g/mol. The summed E-state index contributed by atoms with van der Waals surface area (Å²) in [6, 6.07) is 9.44. The van der Waals surface area contributed by atoms with Crippen molar-refractivity contribution in [3.05, 3.63) is 47.3 Å². The molecule has 6 heteroatoms. The minimum Gasteiger partial charge on any atom is -0.491 e. The molecule has 1 aromatic heterocycles. The van der Waals surface area contributed by atoms with E-state index < -0.39 is 5.60 Å². The van der Waals surface area contributed by atoms with Crippen molar-refractivity contribution in [3.8, 4) is 5.75 Å². The Bertz CT molecular complexity index is 783. The predicted molar refractivity (Wildman–Crippen MR) is 90.6 cm³/mol. The topological polar surface area (TPSA) is 75.8 Å². The standard InChI is InChI=1S/C19H22N2O4/c1-13-3-2-4-15(9-13)24-12-19(23)7-8-21(11-19)18(22)16-10-17(25-20-16)14-5-6-14/h2-4,9-10,14,23H,5-8,11-12H2,1H3/t19-/m0/s1. The van der Waals surface area contributed by atoms with E-state index >= 15 is 0 Å². The first-order valence-corrected chi connectivity index (χ1v) is 8.70. The largest absolute Gasteiger partial charge is 0.491 e. The fourth-order valence-electron chi connectivity index (χ4n) is 3.18. The summed E-state index contributed by atoms with van der Waals surface area (Å²) in [7, 11) is 0. The van der Waals surface area contributed by atoms with Crippen molar-refractivity contribution in [2.45, 2.75) is 37.7 Å². The molecule has 2 aliphatic rings. The Kier molecular flexibility index (Phi) is 4.00. The highest BCUT2D eigenvalue weighted by molar-refractivity contribution is 5.92. The van der Waals surface area contributed by atoms with Gasteiger partial charge in [-0.3, -0.25) is 4.79 Å². The molecule has 1 amide bonds. The number of likely N-dealkylation sites (tertiary alicyclic amines) is 1. The van der Waals surface area contributed by atoms with Gasteiger partial charge < -0.3 is 19.3 Å². The SMILES string of the molecule is Cc1cccc(OC[C@]2(O)CCN(C(=O)c3cc(C4CC4)on3)C2)c1. The third kappa shape index (κ3) is 3.54. The maximum Gasteiger partial charge on any atom is 0.276 e. The number of carbonyl (C=O) groups excluding carboxylic acids is 1. The van der Waals surface area contributed by atoms with E-state index in [0.29, 0.717) is 24.6 Å². The summed E-state index contributed by atoms with van der Waals surface area (Å²) < 4.78 is 11.0. The van der Waals surface area contributed by atoms with Crippen LogP contribution in [0.4, 0.5) is 0 Å². The van der Waals surface area contributed by atoms with Crippen LogP contribution in [0.25, 0.3) is 0 Å². The van der Waals surface area contributed by atoms with E-state index in [2.05, 4.69) is 5.16 Å². The molecule has 1 aliphatic heterocycles. The van der Waals surface area contributed by atoms with Crippen molar-refractivity contribution in [2.24, 2.45) is 0 Å². The summed E-state index contributed by atoms with van der Waals surface area (Å²) in [5.74, 6) is 1.75. The first-order valence-electron chi connectivity index (χ1n) is 8.70. The van der Waals surface area contributed by atoms with Gasteiger partial charge in [-0.2, -0.15) is 0 Å². The summed E-state index contributed by atoms with van der Waals surface area (Å²) in [4.78, 5) is 14.2. The summed E-state index contributed by atoms with van der Waals surface area (Å²) in [6.45, 7) is 2.87. The number of amides is 1. The molecule has 1 aliphatic carbocycles. The molecule has 2 aromatic rings. The van der Waals surface area contributed by atoms with Gasteiger partial charge >= 0.3 is 0 Å². The van der Waals surface area contributed by atoms with Gasteiger partial charge in [-0.05, 0) is 43.9 Å². The lowest BCUT2D eigenvalue weighted by Gasteiger charge is -2.23. The van der Waals surface area contributed by atoms with Crippen LogP contribution in [0, 0.1) is 6.92 Å². The molecule has 2 heterocycles. The van der Waals surface area contributed by atoms with Crippen molar-refractivity contribution in [2.75, 3.05) is 19.7 Å². The van der Waals surface area contributed by atoms with Crippen molar-refractivity contribution >= 4 is 5.91 Å². The van der Waals surface area contributed by atoms with Crippen LogP contribution in [-0.2, 0) is 0 Å². The highest BCUT2D eigenvalue weighted by atomic mass is 16.5. The fourth-order valence-corrected chi connectivity index (χ4v) is 3.18. The Balaban J connectivity index is 1.36. The number of hydrogen-bond donors (Lipinski definition) is 1. The first kappa shape index (κ1) is 16.1. The number of ether oxygens (including phenoxy) is 1. The maximum atomic E-state index is 12.6. The van der Waals surface area contributed by atoms with Gasteiger partial charge in [0.15, 0.2) is 5.69 Å². The molecule has 0 spiro atoms. The number of rotatable bonds is 5. The van der Waals surface area contributed by atoms with Gasteiger partial charge in [0, 0.05) is 18.5 Å². The molecule has 1 aromatic carbocycles. The van der Waals surface area contributed by atoms with Gasteiger partial charge in [0.1, 0.15) is 23.7 Å². The van der Waals surface area contributed by atoms with Crippen molar-refractivity contribution < 1.29 is 19.2 Å². The molecule has 0 radical (unpaired) electrons. The van der Waals surface area contributed by atoms with E-state index in [9.17, 15) is 9.90 Å². The van der Waals surface area contributed by atoms with Crippen molar-refractivity contribution in [3.63, 3.8) is 0 Å². The average molecular weight is 342 g/mol. The van der Waals surface area contributed by atoms with Gasteiger partial charge in [-0.1, -0.05) is 17.3 Å². The summed E-state index contributed by atoms with van der Waals surface area (Å²) in [5, 5.41) is 14.6. The molecule has 0 bridgehead atoms. The van der Waals surface area contributed by atoms with Crippen LogP contribution in [0.3, 0.4) is 0 Å². The van der Waals surface area contributed by atoms with Crippen LogP contribution in [0.5, 0.6) is 5.75 Å². The summed E-state index contributed by atoms with van der Waals surface area (Å²) in [5.41, 5.74) is 0.388. The number of aryl methyl sites for hydroxylation is 1. The van der Waals surface area contributed by atoms with Crippen LogP contribution in [0.2, 0.25) is 0 Å². The van der Waals surface area contributed by atoms with Gasteiger partial charge in [-0.25, -0.2) is 0 Å². The highest BCUT2D eigenvalue weighted by Crippen LogP contribution is 2.40. The van der Waals surface area contributed by atoms with Crippen LogP contribution in [0.15, 0.2) is 34.9 Å². The zero-order chi connectivity index (χ0) is 17.4. The second kappa shape index (κ2) is 6.19. The number of carbonyl (C=O) groups is 1. The summed E-state index contributed by atoms with van der Waals surface area (Å²) in [6.07, 6.45) is 2.68. The summed E-state index contributed by atoms with van der Waals surface area (Å²) >= 11 is 0. The molecule has 25 heavy (non-hydrogen) atoms. The molecule has 1 N–H and O–H groups in total. The Labute approximate surface area is 146 Å². The van der Waals surface area contributed by atoms with Crippen LogP contribution >= 0.6 is 0 Å². The Morgan fingerprint density at radius 2 is 2.28 bits per heavy atom. The normalized spacial score (nSPS) is 23.0. The Hall–Kier alpha value is -2.34. The Morgan fingerprint density at radius 3 is 3.04 bits per heavy atom. The minimum atomic E-state index is -1.04. The number of hydrogen-bond acceptors (Lipinski definition) is 5. The van der Waals surface area contributed by atoms with Crippen LogP contribution in [-0.4, -0.2) is 46.4 Å². The van der Waals surface area contributed by atoms with E-state index in [1.165, 1.54) is 0 Å². The van der Waals surface area contributed by atoms with Crippen LogP contribution in [0.1, 0.15) is 47.0 Å². The molecular weight excluding hydrogens is 320 g/mol. The molecule has 6 nitrogen and oxygen atoms in total. The molecule has 4 rings (SSSR count). The number of aliphatic hydroxyl groups is 1. The molecular formula is C19H22N2O4. The minimum absolute atomic E-state index is 0.159. The third-order valence-electron chi connectivity index (χ3n) is 4.84. The molecule has 0 unspecified atom stereocenters. The van der Waals surface area contributed by atoms with E-state index in [1.54, 1.807) is 11.0 Å². The van der Waals surface area contributed by atoms with Gasteiger partial charge in [-0.15, -0.1) is 0 Å². The lowest BCUT2D eigenvalue weighted by Crippen LogP contribution is -2.40. The third-order valence-corrected chi connectivity index (χ3v) is 4.84. The number of aromatic nitrogens is 1. The van der Waals surface area contributed by atoms with Gasteiger partial charge in [0.05, 0.1) is 6.54 Å². The smallest absolute Gasteiger partial charge is 0.276 e. The molecule has 1 atom stereocenters. The predicted octanol–water partition coefficient (Wildman–Crippen LogP) is 2.52. The maximum absolute atomic E-state index is 12.6. The van der Waals surface area contributed by atoms with E-state index in [4.69, 9.17) is 9.26 Å². The highest BCUT2D eigenvalue weighted by Gasteiger charge is 2.40. The average Bonchev–Trinajstić information content (AvgIpc) is 3.19. The quantitative estimate of drug-likeness (QED) is 0.903. The first-order chi connectivity index (χ1) is 12.0. The zero-order valence-corrected chi connectivity index (χ0v) is 14.3. The van der Waals surface area contributed by atoms with Gasteiger partial charge in [0.2, 0.25) is 0 Å². The molecule has 1 saturated carbocycles. The second-order valence-electron chi connectivity index (χ2n) is 7.20. The lowest BCUT2D eigenvalue weighted by atomic mass is 10.1. The molecule has 1 saturated heterocycles. The van der Waals surface area contributed by atoms with Gasteiger partial charge in [0.25, 0.3) is 5.91 Å².